The van der Waals surface area contributed by atoms with Gasteiger partial charge in [0, 0.05) is 24.8 Å². The van der Waals surface area contributed by atoms with E-state index in [2.05, 4.69) is 4.98 Å². The molecule has 0 bridgehead atoms. The van der Waals surface area contributed by atoms with Crippen LogP contribution in [0.1, 0.15) is 11.1 Å². The Kier molecular flexibility index (Phi) is 4.64. The zero-order chi connectivity index (χ0) is 13.8. The molecule has 19 heavy (non-hydrogen) atoms. The van der Waals surface area contributed by atoms with Gasteiger partial charge in [-0.3, -0.25) is 0 Å². The predicted molar refractivity (Wildman–Crippen MR) is 78.7 cm³/mol. The van der Waals surface area contributed by atoms with E-state index in [0.717, 1.165) is 10.6 Å². The molecule has 0 saturated heterocycles. The molecule has 5 heteroatoms. The van der Waals surface area contributed by atoms with Crippen LogP contribution in [0.15, 0.2) is 36.5 Å². The van der Waals surface area contributed by atoms with Crippen LogP contribution >= 0.6 is 23.2 Å². The zero-order valence-corrected chi connectivity index (χ0v) is 12.0. The van der Waals surface area contributed by atoms with Crippen molar-refractivity contribution in [3.8, 4) is 0 Å². The number of benzene rings is 1. The molecule has 0 saturated carbocycles. The first-order chi connectivity index (χ1) is 9.10. The van der Waals surface area contributed by atoms with E-state index in [1.165, 1.54) is 0 Å². The predicted octanol–water partition coefficient (Wildman–Crippen LogP) is 3.52. The second-order valence-electron chi connectivity index (χ2n) is 4.29. The summed E-state index contributed by atoms with van der Waals surface area (Å²) in [7, 11) is 1.92. The van der Waals surface area contributed by atoms with Gasteiger partial charge in [0.1, 0.15) is 5.82 Å². The van der Waals surface area contributed by atoms with Gasteiger partial charge in [-0.15, -0.1) is 0 Å². The maximum atomic E-state index is 9.03. The maximum Gasteiger partial charge on any atom is 0.147 e. The van der Waals surface area contributed by atoms with Crippen LogP contribution in [0.5, 0.6) is 0 Å². The highest BCUT2D eigenvalue weighted by Crippen LogP contribution is 2.24. The average molecular weight is 297 g/mol. The number of rotatable bonds is 4. The minimum absolute atomic E-state index is 0.0616. The quantitative estimate of drug-likeness (QED) is 0.938. The Morgan fingerprint density at radius 2 is 1.84 bits per heavy atom. The highest BCUT2D eigenvalue weighted by Gasteiger charge is 2.09. The SMILES string of the molecule is CN(Cc1ccc(Cl)cc1)c1ncc(CO)cc1Cl. The molecule has 0 aliphatic rings. The molecule has 1 N–H and O–H groups in total. The van der Waals surface area contributed by atoms with Crippen LogP contribution in [-0.4, -0.2) is 17.1 Å². The minimum atomic E-state index is -0.0616. The summed E-state index contributed by atoms with van der Waals surface area (Å²) in [5.41, 5.74) is 1.82. The van der Waals surface area contributed by atoms with Crippen LogP contribution in [-0.2, 0) is 13.2 Å². The molecule has 3 nitrogen and oxygen atoms in total. The lowest BCUT2D eigenvalue weighted by atomic mass is 10.2. The highest BCUT2D eigenvalue weighted by atomic mass is 35.5. The first-order valence-corrected chi connectivity index (χ1v) is 6.56. The number of aromatic nitrogens is 1. The van der Waals surface area contributed by atoms with Crippen molar-refractivity contribution in [2.45, 2.75) is 13.2 Å². The number of halogens is 2. The molecule has 0 spiro atoms. The Balaban J connectivity index is 2.15. The summed E-state index contributed by atoms with van der Waals surface area (Å²) in [5, 5.41) is 10.3. The molecule has 2 aromatic rings. The van der Waals surface area contributed by atoms with Gasteiger partial charge in [-0.1, -0.05) is 35.3 Å². The van der Waals surface area contributed by atoms with Crippen molar-refractivity contribution >= 4 is 29.0 Å². The van der Waals surface area contributed by atoms with E-state index in [4.69, 9.17) is 28.3 Å². The summed E-state index contributed by atoms with van der Waals surface area (Å²) in [6.45, 7) is 0.621. The van der Waals surface area contributed by atoms with Crippen molar-refractivity contribution in [2.75, 3.05) is 11.9 Å². The summed E-state index contributed by atoms with van der Waals surface area (Å²) in [5.74, 6) is 0.689. The standard InChI is InChI=1S/C14H14Cl2N2O/c1-18(8-10-2-4-12(15)5-3-10)14-13(16)6-11(9-19)7-17-14/h2-7,19H,8-9H2,1H3. The number of aliphatic hydroxyl groups is 1. The molecule has 0 aliphatic carbocycles. The normalized spacial score (nSPS) is 10.5. The molecule has 0 unspecified atom stereocenters. The minimum Gasteiger partial charge on any atom is -0.392 e. The molecule has 0 aliphatic heterocycles. The Morgan fingerprint density at radius 3 is 2.42 bits per heavy atom. The lowest BCUT2D eigenvalue weighted by Gasteiger charge is -2.19. The summed E-state index contributed by atoms with van der Waals surface area (Å²) in [4.78, 5) is 6.22. The van der Waals surface area contributed by atoms with Crippen LogP contribution in [0.2, 0.25) is 10.0 Å². The Hall–Kier alpha value is -1.29. The topological polar surface area (TPSA) is 36.4 Å². The lowest BCUT2D eigenvalue weighted by Crippen LogP contribution is -2.18. The van der Waals surface area contributed by atoms with Crippen LogP contribution in [0.4, 0.5) is 5.82 Å². The fourth-order valence-corrected chi connectivity index (χ4v) is 2.24. The van der Waals surface area contributed by atoms with Crippen LogP contribution in [0, 0.1) is 0 Å². The van der Waals surface area contributed by atoms with E-state index in [0.29, 0.717) is 22.9 Å². The summed E-state index contributed by atoms with van der Waals surface area (Å²) < 4.78 is 0. The first-order valence-electron chi connectivity index (χ1n) is 5.81. The smallest absolute Gasteiger partial charge is 0.147 e. The lowest BCUT2D eigenvalue weighted by molar-refractivity contribution is 0.281. The fourth-order valence-electron chi connectivity index (χ4n) is 1.78. The van der Waals surface area contributed by atoms with E-state index in [1.54, 1.807) is 12.3 Å². The number of nitrogens with zero attached hydrogens (tertiary/aromatic N) is 2. The molecule has 2 rings (SSSR count). The molecule has 1 heterocycles. The molecular weight excluding hydrogens is 283 g/mol. The van der Waals surface area contributed by atoms with Gasteiger partial charge in [0.15, 0.2) is 0 Å². The average Bonchev–Trinajstić information content (AvgIpc) is 2.41. The van der Waals surface area contributed by atoms with Gasteiger partial charge in [-0.05, 0) is 29.3 Å². The van der Waals surface area contributed by atoms with E-state index in [9.17, 15) is 0 Å². The van der Waals surface area contributed by atoms with Gasteiger partial charge in [0.05, 0.1) is 11.6 Å². The van der Waals surface area contributed by atoms with Crippen molar-refractivity contribution in [1.82, 2.24) is 4.98 Å². The van der Waals surface area contributed by atoms with Crippen molar-refractivity contribution < 1.29 is 5.11 Å². The number of anilines is 1. The maximum absolute atomic E-state index is 9.03. The van der Waals surface area contributed by atoms with Gasteiger partial charge in [0.25, 0.3) is 0 Å². The van der Waals surface area contributed by atoms with Gasteiger partial charge < -0.3 is 10.0 Å². The fraction of sp³-hybridized carbons (Fsp3) is 0.214. The van der Waals surface area contributed by atoms with E-state index in [-0.39, 0.29) is 6.61 Å². The number of hydrogen-bond acceptors (Lipinski definition) is 3. The van der Waals surface area contributed by atoms with Crippen LogP contribution in [0.25, 0.3) is 0 Å². The largest absolute Gasteiger partial charge is 0.392 e. The van der Waals surface area contributed by atoms with Crippen molar-refractivity contribution in [3.63, 3.8) is 0 Å². The molecule has 0 radical (unpaired) electrons. The number of aliphatic hydroxyl groups excluding tert-OH is 1. The van der Waals surface area contributed by atoms with E-state index < -0.39 is 0 Å². The highest BCUT2D eigenvalue weighted by molar-refractivity contribution is 6.33. The Labute approximate surface area is 122 Å². The van der Waals surface area contributed by atoms with E-state index in [1.807, 2.05) is 36.2 Å². The third kappa shape index (κ3) is 3.60. The molecule has 1 aromatic carbocycles. The zero-order valence-electron chi connectivity index (χ0n) is 10.5. The van der Waals surface area contributed by atoms with Gasteiger partial charge >= 0.3 is 0 Å². The molecule has 100 valence electrons. The van der Waals surface area contributed by atoms with E-state index >= 15 is 0 Å². The van der Waals surface area contributed by atoms with Crippen molar-refractivity contribution in [3.05, 3.63) is 57.7 Å². The third-order valence-electron chi connectivity index (χ3n) is 2.76. The van der Waals surface area contributed by atoms with Crippen molar-refractivity contribution in [2.24, 2.45) is 0 Å². The van der Waals surface area contributed by atoms with Crippen LogP contribution in [0.3, 0.4) is 0 Å². The third-order valence-corrected chi connectivity index (χ3v) is 3.29. The van der Waals surface area contributed by atoms with Gasteiger partial charge in [-0.2, -0.15) is 0 Å². The molecule has 0 atom stereocenters. The second kappa shape index (κ2) is 6.24. The van der Waals surface area contributed by atoms with Gasteiger partial charge in [-0.25, -0.2) is 4.98 Å². The molecule has 0 amide bonds. The molecule has 0 fully saturated rings. The monoisotopic (exact) mass is 296 g/mol. The summed E-state index contributed by atoms with van der Waals surface area (Å²) in [6.07, 6.45) is 1.62. The van der Waals surface area contributed by atoms with Crippen molar-refractivity contribution in [1.29, 1.82) is 0 Å². The molecule has 1 aromatic heterocycles. The summed E-state index contributed by atoms with van der Waals surface area (Å²) >= 11 is 12.0. The van der Waals surface area contributed by atoms with Crippen LogP contribution < -0.4 is 4.90 Å². The molecular formula is C14H14Cl2N2O. The Morgan fingerprint density at radius 1 is 1.16 bits per heavy atom. The second-order valence-corrected chi connectivity index (χ2v) is 5.13. The number of hydrogen-bond donors (Lipinski definition) is 1. The van der Waals surface area contributed by atoms with Gasteiger partial charge in [0.2, 0.25) is 0 Å². The Bertz CT molecular complexity index is 558. The summed E-state index contributed by atoms with van der Waals surface area (Å²) in [6, 6.07) is 9.37. The first kappa shape index (κ1) is 14.1. The number of pyridine rings is 1.